The largest absolute Gasteiger partial charge is 0.351 e. The maximum Gasteiger partial charge on any atom is 0.262 e. The van der Waals surface area contributed by atoms with E-state index in [0.717, 1.165) is 36.0 Å². The lowest BCUT2D eigenvalue weighted by molar-refractivity contribution is -0.121. The molecule has 0 aliphatic carbocycles. The summed E-state index contributed by atoms with van der Waals surface area (Å²) in [4.78, 5) is 45.1. The van der Waals surface area contributed by atoms with Gasteiger partial charge in [0, 0.05) is 35.6 Å². The van der Waals surface area contributed by atoms with Crippen LogP contribution in [0.2, 0.25) is 0 Å². The minimum Gasteiger partial charge on any atom is -0.351 e. The van der Waals surface area contributed by atoms with E-state index in [9.17, 15) is 14.4 Å². The van der Waals surface area contributed by atoms with Crippen LogP contribution in [0, 0.1) is 5.92 Å². The van der Waals surface area contributed by atoms with E-state index in [4.69, 9.17) is 0 Å². The number of nitrogens with zero attached hydrogens (tertiary/aromatic N) is 2. The van der Waals surface area contributed by atoms with E-state index in [2.05, 4.69) is 34.4 Å². The number of nitrogens with one attached hydrogen (secondary N) is 2. The lowest BCUT2D eigenvalue weighted by Crippen LogP contribution is -2.33. The highest BCUT2D eigenvalue weighted by atomic mass is 32.2. The summed E-state index contributed by atoms with van der Waals surface area (Å²) >= 11 is 3.02. The molecule has 2 atom stereocenters. The minimum atomic E-state index is -0.479. The van der Waals surface area contributed by atoms with Crippen LogP contribution in [0.1, 0.15) is 60.8 Å². The quantitative estimate of drug-likeness (QED) is 0.578. The summed E-state index contributed by atoms with van der Waals surface area (Å²) in [6, 6.07) is 10.8. The van der Waals surface area contributed by atoms with Gasteiger partial charge in [-0.25, -0.2) is 0 Å². The first-order valence-corrected chi connectivity index (χ1v) is 13.4. The number of rotatable bonds is 7. The van der Waals surface area contributed by atoms with Gasteiger partial charge in [0.05, 0.1) is 6.04 Å². The number of benzene rings is 1. The molecule has 3 heterocycles. The zero-order valence-electron chi connectivity index (χ0n) is 19.5. The van der Waals surface area contributed by atoms with Crippen LogP contribution < -0.4 is 10.6 Å². The Hall–Kier alpha value is -2.65. The van der Waals surface area contributed by atoms with Gasteiger partial charge in [0.25, 0.3) is 11.8 Å². The molecule has 2 aliphatic heterocycles. The predicted molar refractivity (Wildman–Crippen MR) is 138 cm³/mol. The van der Waals surface area contributed by atoms with Crippen molar-refractivity contribution in [2.45, 2.75) is 50.8 Å². The zero-order chi connectivity index (χ0) is 24.1. The smallest absolute Gasteiger partial charge is 0.262 e. The molecule has 9 heteroatoms. The van der Waals surface area contributed by atoms with Crippen LogP contribution >= 0.6 is 23.1 Å². The fourth-order valence-electron chi connectivity index (χ4n) is 4.07. The number of amidine groups is 1. The standard InChI is InChI=1S/C25H30N4O3S2/c1-16(2)22(19-7-6-14-33-19)27-23(31)17-8-10-18(11-9-17)26-21(30)15-20-24(32)28-25(34-20)29-12-4-3-5-13-29/h6-11,14,16,20,22H,3-5,12-13,15H2,1-2H3,(H,26,30)(H,27,31). The molecule has 1 saturated heterocycles. The summed E-state index contributed by atoms with van der Waals surface area (Å²) in [6.45, 7) is 6.00. The Morgan fingerprint density at radius 1 is 1.12 bits per heavy atom. The van der Waals surface area contributed by atoms with Crippen LogP contribution in [0.15, 0.2) is 46.8 Å². The van der Waals surface area contributed by atoms with Crippen molar-refractivity contribution in [2.24, 2.45) is 10.9 Å². The van der Waals surface area contributed by atoms with Gasteiger partial charge in [0.2, 0.25) is 5.91 Å². The minimum absolute atomic E-state index is 0.0506. The van der Waals surface area contributed by atoms with Gasteiger partial charge >= 0.3 is 0 Å². The Labute approximate surface area is 208 Å². The molecule has 1 aromatic carbocycles. The molecular formula is C25H30N4O3S2. The molecule has 4 rings (SSSR count). The average Bonchev–Trinajstić information content (AvgIpc) is 3.48. The zero-order valence-corrected chi connectivity index (χ0v) is 21.1. The van der Waals surface area contributed by atoms with E-state index in [1.54, 1.807) is 35.6 Å². The molecular weight excluding hydrogens is 468 g/mol. The van der Waals surface area contributed by atoms with Crippen LogP contribution in [-0.2, 0) is 9.59 Å². The fourth-order valence-corrected chi connectivity index (χ4v) is 6.14. The molecule has 1 aromatic heterocycles. The second-order valence-corrected chi connectivity index (χ2v) is 11.1. The number of thiophene rings is 1. The summed E-state index contributed by atoms with van der Waals surface area (Å²) < 4.78 is 0. The molecule has 3 amide bonds. The van der Waals surface area contributed by atoms with E-state index in [1.165, 1.54) is 18.2 Å². The Morgan fingerprint density at radius 2 is 1.85 bits per heavy atom. The Bertz CT molecular complexity index is 1040. The monoisotopic (exact) mass is 498 g/mol. The van der Waals surface area contributed by atoms with Crippen LogP contribution in [0.5, 0.6) is 0 Å². The van der Waals surface area contributed by atoms with Crippen molar-refractivity contribution in [3.05, 3.63) is 52.2 Å². The summed E-state index contributed by atoms with van der Waals surface area (Å²) in [5, 5.41) is 8.22. The normalized spacial score (nSPS) is 19.1. The maximum absolute atomic E-state index is 12.8. The molecule has 2 N–H and O–H groups in total. The second-order valence-electron chi connectivity index (χ2n) is 8.93. The van der Waals surface area contributed by atoms with E-state index in [1.807, 2.05) is 17.5 Å². The highest BCUT2D eigenvalue weighted by Gasteiger charge is 2.33. The highest BCUT2D eigenvalue weighted by molar-refractivity contribution is 8.15. The van der Waals surface area contributed by atoms with Gasteiger partial charge in [-0.1, -0.05) is 31.7 Å². The van der Waals surface area contributed by atoms with Gasteiger partial charge in [-0.15, -0.1) is 11.3 Å². The molecule has 0 radical (unpaired) electrons. The number of carbonyl (C=O) groups excluding carboxylic acids is 3. The molecule has 180 valence electrons. The van der Waals surface area contributed by atoms with Gasteiger partial charge in [-0.2, -0.15) is 4.99 Å². The first-order valence-electron chi connectivity index (χ1n) is 11.7. The molecule has 0 saturated carbocycles. The Kier molecular flexibility index (Phi) is 8.05. The third-order valence-corrected chi connectivity index (χ3v) is 8.13. The number of piperidine rings is 1. The third kappa shape index (κ3) is 6.07. The molecule has 2 aromatic rings. The number of hydrogen-bond acceptors (Lipinski definition) is 6. The lowest BCUT2D eigenvalue weighted by Gasteiger charge is -2.27. The average molecular weight is 499 g/mol. The summed E-state index contributed by atoms with van der Waals surface area (Å²) in [6.07, 6.45) is 3.50. The van der Waals surface area contributed by atoms with Gasteiger partial charge < -0.3 is 15.5 Å². The molecule has 1 fully saturated rings. The van der Waals surface area contributed by atoms with Gasteiger partial charge in [-0.3, -0.25) is 14.4 Å². The number of anilines is 1. The van der Waals surface area contributed by atoms with Gasteiger partial charge in [-0.05, 0) is 60.9 Å². The van der Waals surface area contributed by atoms with Gasteiger partial charge in [0.1, 0.15) is 5.25 Å². The summed E-state index contributed by atoms with van der Waals surface area (Å²) in [5.41, 5.74) is 1.12. The Morgan fingerprint density at radius 3 is 2.50 bits per heavy atom. The third-order valence-electron chi connectivity index (χ3n) is 5.96. The molecule has 2 aliphatic rings. The van der Waals surface area contributed by atoms with Crippen molar-refractivity contribution in [1.82, 2.24) is 10.2 Å². The van der Waals surface area contributed by atoms with Crippen molar-refractivity contribution in [3.8, 4) is 0 Å². The number of aliphatic imine (C=N–C) groups is 1. The van der Waals surface area contributed by atoms with E-state index in [-0.39, 0.29) is 36.1 Å². The van der Waals surface area contributed by atoms with E-state index < -0.39 is 5.25 Å². The second kappa shape index (κ2) is 11.2. The predicted octanol–water partition coefficient (Wildman–Crippen LogP) is 4.69. The van der Waals surface area contributed by atoms with Crippen molar-refractivity contribution >= 4 is 51.7 Å². The fraction of sp³-hybridized carbons (Fsp3) is 0.440. The van der Waals surface area contributed by atoms with Crippen molar-refractivity contribution in [2.75, 3.05) is 18.4 Å². The number of amides is 3. The number of likely N-dealkylation sites (tertiary alicyclic amines) is 1. The first-order chi connectivity index (χ1) is 16.4. The van der Waals surface area contributed by atoms with Crippen molar-refractivity contribution in [3.63, 3.8) is 0 Å². The topological polar surface area (TPSA) is 90.9 Å². The molecule has 34 heavy (non-hydrogen) atoms. The maximum atomic E-state index is 12.8. The van der Waals surface area contributed by atoms with Gasteiger partial charge in [0.15, 0.2) is 5.17 Å². The van der Waals surface area contributed by atoms with Crippen molar-refractivity contribution < 1.29 is 14.4 Å². The van der Waals surface area contributed by atoms with Crippen molar-refractivity contribution in [1.29, 1.82) is 0 Å². The van der Waals surface area contributed by atoms with Crippen LogP contribution in [0.4, 0.5) is 5.69 Å². The summed E-state index contributed by atoms with van der Waals surface area (Å²) in [7, 11) is 0. The van der Waals surface area contributed by atoms with E-state index >= 15 is 0 Å². The first kappa shape index (κ1) is 24.5. The van der Waals surface area contributed by atoms with Crippen LogP contribution in [0.3, 0.4) is 0 Å². The molecule has 2 unspecified atom stereocenters. The van der Waals surface area contributed by atoms with Crippen LogP contribution in [-0.4, -0.2) is 46.1 Å². The highest BCUT2D eigenvalue weighted by Crippen LogP contribution is 2.29. The molecule has 7 nitrogen and oxygen atoms in total. The molecule has 0 bridgehead atoms. The molecule has 0 spiro atoms. The lowest BCUT2D eigenvalue weighted by atomic mass is 10.0. The number of carbonyl (C=O) groups is 3. The summed E-state index contributed by atoms with van der Waals surface area (Å²) in [5.74, 6) is -0.369. The van der Waals surface area contributed by atoms with E-state index in [0.29, 0.717) is 11.3 Å². The van der Waals surface area contributed by atoms with Crippen LogP contribution in [0.25, 0.3) is 0 Å². The Balaban J connectivity index is 1.29. The number of hydrogen-bond donors (Lipinski definition) is 2. The SMILES string of the molecule is CC(C)C(NC(=O)c1ccc(NC(=O)CC2SC(N3CCCCC3)=NC2=O)cc1)c1cccs1. The number of thioether (sulfide) groups is 1.